The van der Waals surface area contributed by atoms with Gasteiger partial charge in [-0.25, -0.2) is 13.8 Å². The summed E-state index contributed by atoms with van der Waals surface area (Å²) < 4.78 is 25.2. The SMILES string of the molecule is O=C(Cl)c1c(Cl)ncc([N+](=O)[O-])c1C(F)F. The molecule has 1 aromatic rings. The zero-order valence-corrected chi connectivity index (χ0v) is 8.80. The number of aromatic nitrogens is 1. The van der Waals surface area contributed by atoms with Gasteiger partial charge < -0.3 is 0 Å². The lowest BCUT2D eigenvalue weighted by molar-refractivity contribution is -0.386. The Hall–Kier alpha value is -1.34. The Balaban J connectivity index is 3.63. The topological polar surface area (TPSA) is 73.1 Å². The van der Waals surface area contributed by atoms with Gasteiger partial charge in [0.1, 0.15) is 16.9 Å². The summed E-state index contributed by atoms with van der Waals surface area (Å²) in [6, 6.07) is 0. The Bertz CT molecular complexity index is 467. The first-order valence-corrected chi connectivity index (χ1v) is 4.42. The second-order valence-electron chi connectivity index (χ2n) is 2.55. The highest BCUT2D eigenvalue weighted by Crippen LogP contribution is 2.35. The van der Waals surface area contributed by atoms with Crippen molar-refractivity contribution in [2.45, 2.75) is 6.43 Å². The number of pyridine rings is 1. The number of hydrogen-bond acceptors (Lipinski definition) is 4. The van der Waals surface area contributed by atoms with Crippen LogP contribution in [-0.2, 0) is 0 Å². The third kappa shape index (κ3) is 2.25. The maximum atomic E-state index is 12.6. The van der Waals surface area contributed by atoms with Crippen LogP contribution >= 0.6 is 23.2 Å². The molecular formula is C7H2Cl2F2N2O3. The average Bonchev–Trinajstić information content (AvgIpc) is 2.15. The van der Waals surface area contributed by atoms with E-state index in [4.69, 9.17) is 23.2 Å². The molecule has 0 aliphatic carbocycles. The molecule has 0 aromatic carbocycles. The molecule has 0 fully saturated rings. The van der Waals surface area contributed by atoms with Crippen LogP contribution in [0.4, 0.5) is 14.5 Å². The van der Waals surface area contributed by atoms with Gasteiger partial charge in [0.2, 0.25) is 0 Å². The zero-order valence-electron chi connectivity index (χ0n) is 7.29. The Morgan fingerprint density at radius 1 is 1.56 bits per heavy atom. The third-order valence-corrected chi connectivity index (χ3v) is 2.14. The third-order valence-electron chi connectivity index (χ3n) is 1.66. The molecule has 0 aliphatic heterocycles. The predicted octanol–water partition coefficient (Wildman–Crippen LogP) is 2.96. The van der Waals surface area contributed by atoms with Crippen molar-refractivity contribution >= 4 is 34.1 Å². The molecule has 0 aliphatic rings. The Morgan fingerprint density at radius 3 is 2.50 bits per heavy atom. The standard InChI is InChI=1S/C7H2Cl2F2N2O3/c8-5-4(6(9)14)3(7(10)11)2(1-12-5)13(15)16/h1,7H. The number of alkyl halides is 2. The Labute approximate surface area is 97.1 Å². The van der Waals surface area contributed by atoms with Crippen LogP contribution < -0.4 is 0 Å². The Kier molecular flexibility index (Phi) is 3.71. The fraction of sp³-hybridized carbons (Fsp3) is 0.143. The number of hydrogen-bond donors (Lipinski definition) is 0. The monoisotopic (exact) mass is 270 g/mol. The van der Waals surface area contributed by atoms with Crippen LogP contribution in [-0.4, -0.2) is 15.1 Å². The first-order chi connectivity index (χ1) is 7.36. The highest BCUT2D eigenvalue weighted by molar-refractivity contribution is 6.69. The molecule has 0 spiro atoms. The van der Waals surface area contributed by atoms with Crippen LogP contribution in [0.25, 0.3) is 0 Å². The van der Waals surface area contributed by atoms with Crippen molar-refractivity contribution in [1.82, 2.24) is 4.98 Å². The van der Waals surface area contributed by atoms with Gasteiger partial charge in [-0.3, -0.25) is 14.9 Å². The van der Waals surface area contributed by atoms with Gasteiger partial charge in [0, 0.05) is 0 Å². The number of halogens is 4. The minimum absolute atomic E-state index is 0.549. The molecule has 1 rings (SSSR count). The number of nitrogens with zero attached hydrogens (tertiary/aromatic N) is 2. The zero-order chi connectivity index (χ0) is 12.5. The summed E-state index contributed by atoms with van der Waals surface area (Å²) in [5.74, 6) is 0. The van der Waals surface area contributed by atoms with Gasteiger partial charge in [-0.15, -0.1) is 0 Å². The minimum Gasteiger partial charge on any atom is -0.275 e. The van der Waals surface area contributed by atoms with Crippen molar-refractivity contribution in [3.8, 4) is 0 Å². The van der Waals surface area contributed by atoms with Crippen molar-refractivity contribution in [3.05, 3.63) is 32.6 Å². The molecule has 16 heavy (non-hydrogen) atoms. The molecule has 5 nitrogen and oxygen atoms in total. The van der Waals surface area contributed by atoms with Gasteiger partial charge in [0.25, 0.3) is 17.4 Å². The molecule has 1 heterocycles. The van der Waals surface area contributed by atoms with E-state index in [0.717, 1.165) is 0 Å². The first-order valence-electron chi connectivity index (χ1n) is 3.67. The van der Waals surface area contributed by atoms with Crippen molar-refractivity contribution < 1.29 is 18.5 Å². The van der Waals surface area contributed by atoms with E-state index in [1.165, 1.54) is 0 Å². The molecule has 0 N–H and O–H groups in total. The molecule has 0 atom stereocenters. The smallest absolute Gasteiger partial charge is 0.275 e. The van der Waals surface area contributed by atoms with Gasteiger partial charge in [-0.1, -0.05) is 11.6 Å². The van der Waals surface area contributed by atoms with Gasteiger partial charge in [0.05, 0.1) is 10.5 Å². The van der Waals surface area contributed by atoms with Crippen LogP contribution in [0, 0.1) is 10.1 Å². The lowest BCUT2D eigenvalue weighted by atomic mass is 10.1. The van der Waals surface area contributed by atoms with Crippen molar-refractivity contribution in [2.24, 2.45) is 0 Å². The lowest BCUT2D eigenvalue weighted by Gasteiger charge is -2.06. The van der Waals surface area contributed by atoms with E-state index >= 15 is 0 Å². The van der Waals surface area contributed by atoms with Crippen molar-refractivity contribution in [3.63, 3.8) is 0 Å². The molecule has 0 unspecified atom stereocenters. The van der Waals surface area contributed by atoms with Gasteiger partial charge in [-0.05, 0) is 11.6 Å². The summed E-state index contributed by atoms with van der Waals surface area (Å²) >= 11 is 10.4. The van der Waals surface area contributed by atoms with Crippen LogP contribution in [0.5, 0.6) is 0 Å². The molecule has 0 saturated heterocycles. The van der Waals surface area contributed by atoms with Crippen LogP contribution in [0.2, 0.25) is 5.15 Å². The van der Waals surface area contributed by atoms with Gasteiger partial charge in [0.15, 0.2) is 0 Å². The molecule has 0 radical (unpaired) electrons. The van der Waals surface area contributed by atoms with Crippen molar-refractivity contribution in [1.29, 1.82) is 0 Å². The number of carbonyl (C=O) groups is 1. The average molecular weight is 271 g/mol. The summed E-state index contributed by atoms with van der Waals surface area (Å²) in [5.41, 5.74) is -2.96. The highest BCUT2D eigenvalue weighted by atomic mass is 35.5. The number of rotatable bonds is 3. The second kappa shape index (κ2) is 4.67. The highest BCUT2D eigenvalue weighted by Gasteiger charge is 2.31. The van der Waals surface area contributed by atoms with E-state index in [-0.39, 0.29) is 0 Å². The lowest BCUT2D eigenvalue weighted by Crippen LogP contribution is -2.06. The van der Waals surface area contributed by atoms with Crippen LogP contribution in [0.1, 0.15) is 22.3 Å². The maximum Gasteiger partial charge on any atom is 0.297 e. The summed E-state index contributed by atoms with van der Waals surface area (Å²) in [6.45, 7) is 0. The van der Waals surface area contributed by atoms with Gasteiger partial charge in [-0.2, -0.15) is 0 Å². The largest absolute Gasteiger partial charge is 0.297 e. The molecule has 0 bridgehead atoms. The normalized spacial score (nSPS) is 10.6. The second-order valence-corrected chi connectivity index (χ2v) is 3.26. The van der Waals surface area contributed by atoms with E-state index in [1.54, 1.807) is 0 Å². The fourth-order valence-corrected chi connectivity index (χ4v) is 1.52. The minimum atomic E-state index is -3.25. The Morgan fingerprint density at radius 2 is 2.12 bits per heavy atom. The van der Waals surface area contributed by atoms with E-state index in [2.05, 4.69) is 4.98 Å². The molecule has 1 aromatic heterocycles. The summed E-state index contributed by atoms with van der Waals surface area (Å²) in [6.07, 6.45) is -2.70. The molecule has 0 saturated carbocycles. The van der Waals surface area contributed by atoms with E-state index in [1.807, 2.05) is 0 Å². The van der Waals surface area contributed by atoms with Crippen LogP contribution in [0.15, 0.2) is 6.20 Å². The summed E-state index contributed by atoms with van der Waals surface area (Å²) in [4.78, 5) is 23.5. The quantitative estimate of drug-likeness (QED) is 0.366. The molecule has 86 valence electrons. The van der Waals surface area contributed by atoms with Crippen LogP contribution in [0.3, 0.4) is 0 Å². The van der Waals surface area contributed by atoms with E-state index in [9.17, 15) is 23.7 Å². The molecular weight excluding hydrogens is 269 g/mol. The number of carbonyl (C=O) groups excluding carboxylic acids is 1. The fourth-order valence-electron chi connectivity index (χ4n) is 1.04. The maximum absolute atomic E-state index is 12.6. The summed E-state index contributed by atoms with van der Waals surface area (Å²) in [5, 5.41) is 8.53. The number of nitro groups is 1. The van der Waals surface area contributed by atoms with Crippen molar-refractivity contribution in [2.75, 3.05) is 0 Å². The first kappa shape index (κ1) is 12.7. The molecule has 9 heteroatoms. The molecule has 0 amide bonds. The van der Waals surface area contributed by atoms with E-state index < -0.39 is 38.6 Å². The van der Waals surface area contributed by atoms with Gasteiger partial charge >= 0.3 is 0 Å². The summed E-state index contributed by atoms with van der Waals surface area (Å²) in [7, 11) is 0. The predicted molar refractivity (Wildman–Crippen MR) is 51.0 cm³/mol. The van der Waals surface area contributed by atoms with E-state index in [0.29, 0.717) is 6.20 Å².